The predicted molar refractivity (Wildman–Crippen MR) is 99.2 cm³/mol. The van der Waals surface area contributed by atoms with Gasteiger partial charge in [0.1, 0.15) is 0 Å². The molecular weight excluding hydrogens is 282 g/mol. The van der Waals surface area contributed by atoms with Crippen molar-refractivity contribution in [3.8, 4) is 0 Å². The van der Waals surface area contributed by atoms with Crippen molar-refractivity contribution in [3.63, 3.8) is 0 Å². The zero-order valence-corrected chi connectivity index (χ0v) is 15.8. The first-order valence-electron chi connectivity index (χ1n) is 9.25. The number of rotatable bonds is 6. The minimum absolute atomic E-state index is 0.273. The molecule has 1 aromatic rings. The maximum absolute atomic E-state index is 5.81. The monoisotopic (exact) mass is 317 g/mol. The maximum atomic E-state index is 5.81. The standard InChI is InChI=1S/C21H35NO/c1-17(2)18-6-8-19(9-7-18)20-10-12-22(13-11-20)14-15-23-16-21(3,4)5/h6-9,17,20H,10-16H2,1-5H3. The summed E-state index contributed by atoms with van der Waals surface area (Å²) >= 11 is 0. The Morgan fingerprint density at radius 2 is 1.70 bits per heavy atom. The quantitative estimate of drug-likeness (QED) is 0.681. The van der Waals surface area contributed by atoms with Crippen LogP contribution in [0.3, 0.4) is 0 Å². The number of hydrogen-bond donors (Lipinski definition) is 0. The average molecular weight is 318 g/mol. The third kappa shape index (κ3) is 6.27. The Morgan fingerprint density at radius 3 is 2.22 bits per heavy atom. The van der Waals surface area contributed by atoms with Crippen molar-refractivity contribution in [2.45, 2.75) is 59.3 Å². The van der Waals surface area contributed by atoms with Gasteiger partial charge in [0.15, 0.2) is 0 Å². The van der Waals surface area contributed by atoms with E-state index in [1.54, 1.807) is 0 Å². The lowest BCUT2D eigenvalue weighted by Gasteiger charge is -2.32. The number of hydrogen-bond acceptors (Lipinski definition) is 2. The molecule has 0 aromatic heterocycles. The minimum Gasteiger partial charge on any atom is -0.380 e. The summed E-state index contributed by atoms with van der Waals surface area (Å²) in [6, 6.07) is 9.32. The molecule has 1 aromatic carbocycles. The average Bonchev–Trinajstić information content (AvgIpc) is 2.51. The summed E-state index contributed by atoms with van der Waals surface area (Å²) in [6.45, 7) is 16.4. The zero-order chi connectivity index (χ0) is 16.9. The lowest BCUT2D eigenvalue weighted by molar-refractivity contribution is 0.0501. The molecule has 1 aliphatic rings. The lowest BCUT2D eigenvalue weighted by atomic mass is 9.88. The highest BCUT2D eigenvalue weighted by molar-refractivity contribution is 5.27. The summed E-state index contributed by atoms with van der Waals surface area (Å²) in [4.78, 5) is 2.56. The van der Waals surface area contributed by atoms with E-state index in [-0.39, 0.29) is 5.41 Å². The number of benzene rings is 1. The number of piperidine rings is 1. The van der Waals surface area contributed by atoms with Crippen LogP contribution in [-0.4, -0.2) is 37.7 Å². The molecule has 0 atom stereocenters. The highest BCUT2D eigenvalue weighted by Gasteiger charge is 2.20. The van der Waals surface area contributed by atoms with Crippen molar-refractivity contribution in [2.24, 2.45) is 5.41 Å². The van der Waals surface area contributed by atoms with Crippen LogP contribution in [0.2, 0.25) is 0 Å². The highest BCUT2D eigenvalue weighted by atomic mass is 16.5. The van der Waals surface area contributed by atoms with E-state index >= 15 is 0 Å². The Balaban J connectivity index is 1.71. The molecule has 0 unspecified atom stereocenters. The van der Waals surface area contributed by atoms with Gasteiger partial charge in [-0.05, 0) is 54.3 Å². The molecule has 0 saturated carbocycles. The van der Waals surface area contributed by atoms with Crippen molar-refractivity contribution >= 4 is 0 Å². The summed E-state index contributed by atoms with van der Waals surface area (Å²) in [6.07, 6.45) is 2.56. The first-order chi connectivity index (χ1) is 10.8. The van der Waals surface area contributed by atoms with Gasteiger partial charge in [0.25, 0.3) is 0 Å². The van der Waals surface area contributed by atoms with Gasteiger partial charge in [-0.2, -0.15) is 0 Å². The second kappa shape index (κ2) is 8.30. The summed E-state index contributed by atoms with van der Waals surface area (Å²) < 4.78 is 5.81. The summed E-state index contributed by atoms with van der Waals surface area (Å²) in [5.74, 6) is 1.36. The smallest absolute Gasteiger partial charge is 0.0593 e. The topological polar surface area (TPSA) is 12.5 Å². The first kappa shape index (κ1) is 18.5. The third-order valence-corrected chi connectivity index (χ3v) is 4.75. The Hall–Kier alpha value is -0.860. The van der Waals surface area contributed by atoms with Gasteiger partial charge < -0.3 is 9.64 Å². The van der Waals surface area contributed by atoms with Crippen LogP contribution in [0.1, 0.15) is 70.4 Å². The van der Waals surface area contributed by atoms with Gasteiger partial charge in [0, 0.05) is 6.54 Å². The Bertz CT molecular complexity index is 450. The number of ether oxygens (including phenoxy) is 1. The van der Waals surface area contributed by atoms with Crippen LogP contribution in [0.25, 0.3) is 0 Å². The van der Waals surface area contributed by atoms with Crippen LogP contribution in [0.15, 0.2) is 24.3 Å². The molecule has 0 bridgehead atoms. The number of nitrogens with zero attached hydrogens (tertiary/aromatic N) is 1. The normalized spacial score (nSPS) is 17.8. The van der Waals surface area contributed by atoms with Crippen molar-refractivity contribution in [3.05, 3.63) is 35.4 Å². The first-order valence-corrected chi connectivity index (χ1v) is 9.25. The van der Waals surface area contributed by atoms with Gasteiger partial charge >= 0.3 is 0 Å². The molecule has 0 spiro atoms. The fourth-order valence-electron chi connectivity index (χ4n) is 3.21. The highest BCUT2D eigenvalue weighted by Crippen LogP contribution is 2.29. The second-order valence-corrected chi connectivity index (χ2v) is 8.55. The fraction of sp³-hybridized carbons (Fsp3) is 0.714. The molecule has 0 radical (unpaired) electrons. The maximum Gasteiger partial charge on any atom is 0.0593 e. The van der Waals surface area contributed by atoms with Gasteiger partial charge in [-0.1, -0.05) is 58.9 Å². The van der Waals surface area contributed by atoms with Gasteiger partial charge in [0.2, 0.25) is 0 Å². The van der Waals surface area contributed by atoms with E-state index in [1.165, 1.54) is 37.1 Å². The Kier molecular flexibility index (Phi) is 6.67. The van der Waals surface area contributed by atoms with E-state index in [2.05, 4.69) is 63.8 Å². The molecule has 0 amide bonds. The molecule has 0 N–H and O–H groups in total. The summed E-state index contributed by atoms with van der Waals surface area (Å²) in [7, 11) is 0. The van der Waals surface area contributed by atoms with Crippen LogP contribution in [-0.2, 0) is 4.74 Å². The van der Waals surface area contributed by atoms with Gasteiger partial charge in [-0.15, -0.1) is 0 Å². The van der Waals surface area contributed by atoms with Crippen LogP contribution >= 0.6 is 0 Å². The van der Waals surface area contributed by atoms with Gasteiger partial charge in [-0.3, -0.25) is 0 Å². The molecular formula is C21H35NO. The molecule has 130 valence electrons. The van der Waals surface area contributed by atoms with Crippen LogP contribution in [0.5, 0.6) is 0 Å². The van der Waals surface area contributed by atoms with Gasteiger partial charge in [0.05, 0.1) is 13.2 Å². The van der Waals surface area contributed by atoms with Crippen LogP contribution in [0.4, 0.5) is 0 Å². The number of likely N-dealkylation sites (tertiary alicyclic amines) is 1. The predicted octanol–water partition coefficient (Wildman–Crippen LogP) is 5.05. The van der Waals surface area contributed by atoms with E-state index in [1.807, 2.05) is 0 Å². The molecule has 23 heavy (non-hydrogen) atoms. The molecule has 1 fully saturated rings. The third-order valence-electron chi connectivity index (χ3n) is 4.75. The molecule has 1 heterocycles. The SMILES string of the molecule is CC(C)c1ccc(C2CCN(CCOCC(C)(C)C)CC2)cc1. The fourth-order valence-corrected chi connectivity index (χ4v) is 3.21. The van der Waals surface area contributed by atoms with Crippen molar-refractivity contribution in [2.75, 3.05) is 32.8 Å². The van der Waals surface area contributed by atoms with E-state index in [9.17, 15) is 0 Å². The summed E-state index contributed by atoms with van der Waals surface area (Å²) in [5.41, 5.74) is 3.25. The molecule has 1 saturated heterocycles. The van der Waals surface area contributed by atoms with Crippen LogP contribution < -0.4 is 0 Å². The molecule has 0 aliphatic carbocycles. The molecule has 2 heteroatoms. The van der Waals surface area contributed by atoms with Crippen molar-refractivity contribution < 1.29 is 4.74 Å². The zero-order valence-electron chi connectivity index (χ0n) is 15.8. The van der Waals surface area contributed by atoms with Crippen molar-refractivity contribution in [1.82, 2.24) is 4.90 Å². The molecule has 2 nitrogen and oxygen atoms in total. The largest absolute Gasteiger partial charge is 0.380 e. The van der Waals surface area contributed by atoms with E-state index < -0.39 is 0 Å². The Morgan fingerprint density at radius 1 is 1.09 bits per heavy atom. The van der Waals surface area contributed by atoms with Crippen molar-refractivity contribution in [1.29, 1.82) is 0 Å². The van der Waals surface area contributed by atoms with E-state index in [4.69, 9.17) is 4.74 Å². The van der Waals surface area contributed by atoms with E-state index in [0.29, 0.717) is 5.92 Å². The van der Waals surface area contributed by atoms with E-state index in [0.717, 1.165) is 25.7 Å². The lowest BCUT2D eigenvalue weighted by Crippen LogP contribution is -2.35. The Labute approximate surface area is 143 Å². The van der Waals surface area contributed by atoms with Gasteiger partial charge in [-0.25, -0.2) is 0 Å². The molecule has 1 aliphatic heterocycles. The minimum atomic E-state index is 0.273. The van der Waals surface area contributed by atoms with Crippen LogP contribution in [0, 0.1) is 5.41 Å². The second-order valence-electron chi connectivity index (χ2n) is 8.55. The molecule has 2 rings (SSSR count). The summed E-state index contributed by atoms with van der Waals surface area (Å²) in [5, 5.41) is 0.